The third-order valence-corrected chi connectivity index (χ3v) is 6.06. The molecule has 0 radical (unpaired) electrons. The quantitative estimate of drug-likeness (QED) is 0.456. The summed E-state index contributed by atoms with van der Waals surface area (Å²) in [7, 11) is 0. The Labute approximate surface area is 195 Å². The highest BCUT2D eigenvalue weighted by Crippen LogP contribution is 2.34. The average molecular weight is 469 g/mol. The number of aromatic nitrogens is 2. The smallest absolute Gasteiger partial charge is 0.254 e. The first-order valence-electron chi connectivity index (χ1n) is 11.0. The van der Waals surface area contributed by atoms with Crippen LogP contribution in [0.4, 0.5) is 14.6 Å². The van der Waals surface area contributed by atoms with Crippen LogP contribution in [0.1, 0.15) is 52.4 Å². The van der Waals surface area contributed by atoms with Gasteiger partial charge in [-0.2, -0.15) is 0 Å². The summed E-state index contributed by atoms with van der Waals surface area (Å²) < 4.78 is 28.4. The molecule has 1 heterocycles. The molecule has 1 amide bonds. The molecule has 178 valence electrons. The molecule has 34 heavy (non-hydrogen) atoms. The highest BCUT2D eigenvalue weighted by atomic mass is 19.1. The fraction of sp³-hybridized carbons (Fsp3) is 0.320. The molecule has 5 N–H and O–H groups in total. The van der Waals surface area contributed by atoms with Crippen LogP contribution in [0.25, 0.3) is 11.3 Å². The van der Waals surface area contributed by atoms with Gasteiger partial charge in [-0.3, -0.25) is 4.79 Å². The fourth-order valence-electron chi connectivity index (χ4n) is 4.26. The maximum Gasteiger partial charge on any atom is 0.254 e. The first kappa shape index (κ1) is 23.7. The topological polar surface area (TPSA) is 121 Å². The first-order chi connectivity index (χ1) is 16.2. The third kappa shape index (κ3) is 5.21. The molecule has 3 aromatic rings. The van der Waals surface area contributed by atoms with E-state index in [-0.39, 0.29) is 29.5 Å². The molecule has 0 spiro atoms. The van der Waals surface area contributed by atoms with E-state index in [1.165, 1.54) is 36.5 Å². The van der Waals surface area contributed by atoms with Gasteiger partial charge in [0.2, 0.25) is 0 Å². The number of benzene rings is 2. The number of aliphatic hydroxyl groups is 2. The van der Waals surface area contributed by atoms with Gasteiger partial charge in [-0.1, -0.05) is 12.1 Å². The molecule has 2 aromatic carbocycles. The van der Waals surface area contributed by atoms with Crippen LogP contribution in [-0.2, 0) is 6.54 Å². The molecule has 1 fully saturated rings. The summed E-state index contributed by atoms with van der Waals surface area (Å²) in [5.41, 5.74) is 8.36. The maximum absolute atomic E-state index is 14.9. The Hall–Kier alpha value is -3.43. The number of aryl methyl sites for hydroxylation is 1. The van der Waals surface area contributed by atoms with Crippen LogP contribution < -0.4 is 11.1 Å². The highest BCUT2D eigenvalue weighted by Gasteiger charge is 2.30. The largest absolute Gasteiger partial charge is 0.390 e. The van der Waals surface area contributed by atoms with Crippen LogP contribution in [0.15, 0.2) is 42.6 Å². The molecule has 1 aliphatic carbocycles. The molecule has 0 aliphatic heterocycles. The lowest BCUT2D eigenvalue weighted by Crippen LogP contribution is -2.33. The van der Waals surface area contributed by atoms with Gasteiger partial charge in [0.15, 0.2) is 0 Å². The van der Waals surface area contributed by atoms with Gasteiger partial charge in [0.25, 0.3) is 5.91 Å². The van der Waals surface area contributed by atoms with E-state index in [2.05, 4.69) is 15.3 Å². The standard InChI is InChI=1S/C25H26F2N4O3/c1-13-6-14(8-17(26)7-13)11-30-25(34)18-4-2-16(9-19(18)27)23-24(28)29-12-20(31-23)15-3-5-21(32)22(33)10-15/h2,4,6-9,12,15,21-22,32-33H,3,5,10-11H2,1H3,(H2,28,29)(H,30,34). The number of nitrogens with two attached hydrogens (primary N) is 1. The van der Waals surface area contributed by atoms with Gasteiger partial charge in [0.1, 0.15) is 23.1 Å². The van der Waals surface area contributed by atoms with Gasteiger partial charge >= 0.3 is 0 Å². The van der Waals surface area contributed by atoms with Gasteiger partial charge < -0.3 is 21.3 Å². The second kappa shape index (κ2) is 9.82. The summed E-state index contributed by atoms with van der Waals surface area (Å²) in [6.07, 6.45) is 1.36. The number of anilines is 1. The Bertz CT molecular complexity index is 1200. The molecule has 1 aliphatic rings. The lowest BCUT2D eigenvalue weighted by Gasteiger charge is -2.29. The van der Waals surface area contributed by atoms with Crippen LogP contribution in [0.2, 0.25) is 0 Å². The van der Waals surface area contributed by atoms with Gasteiger partial charge in [-0.05, 0) is 61.6 Å². The molecule has 3 unspecified atom stereocenters. The minimum Gasteiger partial charge on any atom is -0.390 e. The van der Waals surface area contributed by atoms with Crippen molar-refractivity contribution in [3.8, 4) is 11.3 Å². The molecule has 3 atom stereocenters. The van der Waals surface area contributed by atoms with Gasteiger partial charge in [0, 0.05) is 18.0 Å². The Kier molecular flexibility index (Phi) is 6.85. The normalized spacial score (nSPS) is 20.2. The van der Waals surface area contributed by atoms with Crippen molar-refractivity contribution in [1.82, 2.24) is 15.3 Å². The maximum atomic E-state index is 14.9. The van der Waals surface area contributed by atoms with Crippen LogP contribution >= 0.6 is 0 Å². The SMILES string of the molecule is Cc1cc(F)cc(CNC(=O)c2ccc(-c3nc(C4CCC(O)C(O)C4)cnc3N)cc2F)c1. The minimum atomic E-state index is -0.840. The summed E-state index contributed by atoms with van der Waals surface area (Å²) in [6.45, 7) is 1.80. The first-order valence-corrected chi connectivity index (χ1v) is 11.0. The van der Waals surface area contributed by atoms with E-state index in [0.717, 1.165) is 5.56 Å². The monoisotopic (exact) mass is 468 g/mol. The Balaban J connectivity index is 1.52. The molecule has 7 nitrogen and oxygen atoms in total. The fourth-order valence-corrected chi connectivity index (χ4v) is 4.26. The van der Waals surface area contributed by atoms with Crippen molar-refractivity contribution in [2.45, 2.75) is 50.9 Å². The summed E-state index contributed by atoms with van der Waals surface area (Å²) >= 11 is 0. The summed E-state index contributed by atoms with van der Waals surface area (Å²) in [6, 6.07) is 8.48. The van der Waals surface area contributed by atoms with Gasteiger partial charge in [-0.25, -0.2) is 18.7 Å². The number of carbonyl (C=O) groups excluding carboxylic acids is 1. The van der Waals surface area contributed by atoms with Gasteiger partial charge in [-0.15, -0.1) is 0 Å². The van der Waals surface area contributed by atoms with Crippen molar-refractivity contribution in [1.29, 1.82) is 0 Å². The number of amides is 1. The van der Waals surface area contributed by atoms with E-state index in [1.54, 1.807) is 13.0 Å². The zero-order valence-electron chi connectivity index (χ0n) is 18.6. The van der Waals surface area contributed by atoms with Crippen molar-refractivity contribution in [2.24, 2.45) is 0 Å². The van der Waals surface area contributed by atoms with Crippen molar-refractivity contribution in [2.75, 3.05) is 5.73 Å². The molecule has 4 rings (SSSR count). The van der Waals surface area contributed by atoms with Crippen molar-refractivity contribution in [3.05, 3.63) is 76.6 Å². The summed E-state index contributed by atoms with van der Waals surface area (Å²) in [4.78, 5) is 21.2. The molecular weight excluding hydrogens is 442 g/mol. The number of carbonyl (C=O) groups is 1. The van der Waals surface area contributed by atoms with Crippen LogP contribution in [-0.4, -0.2) is 38.3 Å². The molecule has 0 bridgehead atoms. The minimum absolute atomic E-state index is 0.0566. The van der Waals surface area contributed by atoms with Crippen LogP contribution in [0.3, 0.4) is 0 Å². The van der Waals surface area contributed by atoms with E-state index < -0.39 is 29.7 Å². The van der Waals surface area contributed by atoms with E-state index >= 15 is 0 Å². The Morgan fingerprint density at radius 3 is 2.65 bits per heavy atom. The van der Waals surface area contributed by atoms with Crippen molar-refractivity contribution < 1.29 is 23.8 Å². The van der Waals surface area contributed by atoms with E-state index in [1.807, 2.05) is 0 Å². The number of hydrogen-bond donors (Lipinski definition) is 4. The second-order valence-electron chi connectivity index (χ2n) is 8.69. The predicted molar refractivity (Wildman–Crippen MR) is 123 cm³/mol. The highest BCUT2D eigenvalue weighted by molar-refractivity contribution is 5.95. The molecule has 1 saturated carbocycles. The van der Waals surface area contributed by atoms with E-state index in [9.17, 15) is 23.8 Å². The zero-order chi connectivity index (χ0) is 24.4. The number of hydrogen-bond acceptors (Lipinski definition) is 6. The van der Waals surface area contributed by atoms with Crippen LogP contribution in [0, 0.1) is 18.6 Å². The van der Waals surface area contributed by atoms with E-state index in [0.29, 0.717) is 36.1 Å². The van der Waals surface area contributed by atoms with Crippen molar-refractivity contribution >= 4 is 11.7 Å². The lowest BCUT2D eigenvalue weighted by atomic mass is 9.83. The lowest BCUT2D eigenvalue weighted by molar-refractivity contribution is -0.0153. The number of aliphatic hydroxyl groups excluding tert-OH is 2. The van der Waals surface area contributed by atoms with E-state index in [4.69, 9.17) is 5.73 Å². The molecule has 0 saturated heterocycles. The Morgan fingerprint density at radius 1 is 1.15 bits per heavy atom. The average Bonchev–Trinajstić information content (AvgIpc) is 2.79. The zero-order valence-corrected chi connectivity index (χ0v) is 18.6. The summed E-state index contributed by atoms with van der Waals surface area (Å²) in [5.74, 6) is -1.79. The molecular formula is C25H26F2N4O3. The number of rotatable bonds is 5. The van der Waals surface area contributed by atoms with Crippen molar-refractivity contribution in [3.63, 3.8) is 0 Å². The number of nitrogens with one attached hydrogen (secondary N) is 1. The Morgan fingerprint density at radius 2 is 1.94 bits per heavy atom. The second-order valence-corrected chi connectivity index (χ2v) is 8.69. The predicted octanol–water partition coefficient (Wildman–Crippen LogP) is 3.23. The van der Waals surface area contributed by atoms with Gasteiger partial charge in [0.05, 0.1) is 29.7 Å². The number of nitrogens with zero attached hydrogens (tertiary/aromatic N) is 2. The summed E-state index contributed by atoms with van der Waals surface area (Å²) in [5, 5.41) is 22.3. The number of nitrogen functional groups attached to an aromatic ring is 1. The number of halogens is 2. The third-order valence-electron chi connectivity index (χ3n) is 6.06. The molecule has 1 aromatic heterocycles. The molecule has 9 heteroatoms. The van der Waals surface area contributed by atoms with Crippen LogP contribution in [0.5, 0.6) is 0 Å².